The fourth-order valence-corrected chi connectivity index (χ4v) is 2.93. The molecule has 2 aliphatic heterocycles. The van der Waals surface area contributed by atoms with Gasteiger partial charge in [0.15, 0.2) is 0 Å². The van der Waals surface area contributed by atoms with E-state index >= 15 is 0 Å². The van der Waals surface area contributed by atoms with Gasteiger partial charge < -0.3 is 10.6 Å². The molecule has 3 rings (SSSR count). The molecule has 2 nitrogen and oxygen atoms in total. The molecule has 1 fully saturated rings. The third kappa shape index (κ3) is 1.27. The van der Waals surface area contributed by atoms with E-state index in [4.69, 9.17) is 0 Å². The summed E-state index contributed by atoms with van der Waals surface area (Å²) in [4.78, 5) is 0. The van der Waals surface area contributed by atoms with E-state index in [1.165, 1.54) is 22.1 Å². The fourth-order valence-electron chi connectivity index (χ4n) is 2.53. The fraction of sp³-hybridized carbons (Fsp3) is 0.455. The molecule has 74 valence electrons. The Hall–Kier alpha value is -0.540. The lowest BCUT2D eigenvalue weighted by molar-refractivity contribution is 0.533. The second-order valence-electron chi connectivity index (χ2n) is 4.31. The lowest BCUT2D eigenvalue weighted by atomic mass is 9.95. The molecule has 2 heterocycles. The van der Waals surface area contributed by atoms with Crippen LogP contribution >= 0.6 is 15.9 Å². The molecule has 0 aromatic heterocycles. The van der Waals surface area contributed by atoms with E-state index in [-0.39, 0.29) is 0 Å². The summed E-state index contributed by atoms with van der Waals surface area (Å²) in [5.41, 5.74) is 3.07. The average Bonchev–Trinajstić information content (AvgIpc) is 2.72. The molecular weight excluding hydrogens is 240 g/mol. The van der Waals surface area contributed by atoms with Gasteiger partial charge in [0.05, 0.1) is 5.54 Å². The summed E-state index contributed by atoms with van der Waals surface area (Å²) in [6.07, 6.45) is 2.40. The van der Waals surface area contributed by atoms with Crippen LogP contribution in [0.5, 0.6) is 0 Å². The van der Waals surface area contributed by atoms with Crippen LogP contribution in [0.3, 0.4) is 0 Å². The summed E-state index contributed by atoms with van der Waals surface area (Å²) in [5, 5.41) is 7.08. The minimum absolute atomic E-state index is 0.309. The van der Waals surface area contributed by atoms with E-state index in [0.29, 0.717) is 5.54 Å². The highest BCUT2D eigenvalue weighted by atomic mass is 79.9. The van der Waals surface area contributed by atoms with E-state index in [0.717, 1.165) is 19.5 Å². The van der Waals surface area contributed by atoms with Crippen LogP contribution in [0.25, 0.3) is 0 Å². The molecule has 1 saturated heterocycles. The van der Waals surface area contributed by atoms with Crippen molar-refractivity contribution in [3.8, 4) is 0 Å². The summed E-state index contributed by atoms with van der Waals surface area (Å²) in [5.74, 6) is 0. The van der Waals surface area contributed by atoms with Gasteiger partial charge in [-0.15, -0.1) is 0 Å². The Labute approximate surface area is 92.2 Å². The maximum atomic E-state index is 3.65. The highest BCUT2D eigenvalue weighted by Gasteiger charge is 2.38. The van der Waals surface area contributed by atoms with Crippen LogP contribution in [-0.4, -0.2) is 18.6 Å². The number of hydrogen-bond acceptors (Lipinski definition) is 2. The van der Waals surface area contributed by atoms with Gasteiger partial charge >= 0.3 is 0 Å². The van der Waals surface area contributed by atoms with E-state index in [9.17, 15) is 0 Å². The van der Waals surface area contributed by atoms with Crippen molar-refractivity contribution in [2.75, 3.05) is 18.4 Å². The van der Waals surface area contributed by atoms with Crippen LogP contribution in [0.4, 0.5) is 5.69 Å². The van der Waals surface area contributed by atoms with Gasteiger partial charge in [-0.2, -0.15) is 0 Å². The number of nitrogens with one attached hydrogen (secondary N) is 2. The molecule has 2 aliphatic rings. The molecule has 2 N–H and O–H groups in total. The molecule has 14 heavy (non-hydrogen) atoms. The first-order valence-corrected chi connectivity index (χ1v) is 5.84. The van der Waals surface area contributed by atoms with E-state index in [2.05, 4.69) is 44.8 Å². The lowest BCUT2D eigenvalue weighted by Gasteiger charge is -2.22. The average molecular weight is 253 g/mol. The van der Waals surface area contributed by atoms with Crippen molar-refractivity contribution < 1.29 is 0 Å². The van der Waals surface area contributed by atoms with Crippen molar-refractivity contribution in [1.29, 1.82) is 0 Å². The van der Waals surface area contributed by atoms with Crippen LogP contribution < -0.4 is 10.6 Å². The third-order valence-electron chi connectivity index (χ3n) is 3.24. The molecule has 0 bridgehead atoms. The normalized spacial score (nSPS) is 29.2. The number of benzene rings is 1. The number of rotatable bonds is 0. The van der Waals surface area contributed by atoms with Crippen LogP contribution in [-0.2, 0) is 6.42 Å². The van der Waals surface area contributed by atoms with Crippen LogP contribution in [0, 0.1) is 0 Å². The molecule has 0 saturated carbocycles. The monoisotopic (exact) mass is 252 g/mol. The van der Waals surface area contributed by atoms with Gasteiger partial charge in [-0.3, -0.25) is 0 Å². The Morgan fingerprint density at radius 3 is 3.07 bits per heavy atom. The Morgan fingerprint density at radius 2 is 2.29 bits per heavy atom. The van der Waals surface area contributed by atoms with Crippen molar-refractivity contribution in [3.05, 3.63) is 28.2 Å². The predicted molar refractivity (Wildman–Crippen MR) is 61.7 cm³/mol. The minimum Gasteiger partial charge on any atom is -0.378 e. The van der Waals surface area contributed by atoms with Crippen molar-refractivity contribution >= 4 is 21.6 Å². The predicted octanol–water partition coefficient (Wildman–Crippen LogP) is 2.15. The summed E-state index contributed by atoms with van der Waals surface area (Å²) in [6, 6.07) is 6.51. The van der Waals surface area contributed by atoms with Gasteiger partial charge in [0, 0.05) is 16.7 Å². The molecule has 1 atom stereocenters. The molecule has 0 aliphatic carbocycles. The van der Waals surface area contributed by atoms with Crippen molar-refractivity contribution in [2.24, 2.45) is 0 Å². The van der Waals surface area contributed by atoms with Gasteiger partial charge in [0.2, 0.25) is 0 Å². The summed E-state index contributed by atoms with van der Waals surface area (Å²) >= 11 is 3.52. The number of halogens is 1. The number of anilines is 1. The zero-order valence-electron chi connectivity index (χ0n) is 7.94. The van der Waals surface area contributed by atoms with Crippen LogP contribution in [0.1, 0.15) is 12.0 Å². The van der Waals surface area contributed by atoms with E-state index in [1.807, 2.05) is 0 Å². The van der Waals surface area contributed by atoms with E-state index < -0.39 is 0 Å². The first-order chi connectivity index (χ1) is 6.77. The molecular formula is C11H13BrN2. The third-order valence-corrected chi connectivity index (χ3v) is 3.73. The van der Waals surface area contributed by atoms with Crippen molar-refractivity contribution in [3.63, 3.8) is 0 Å². The van der Waals surface area contributed by atoms with E-state index in [1.54, 1.807) is 0 Å². The van der Waals surface area contributed by atoms with Crippen LogP contribution in [0.2, 0.25) is 0 Å². The largest absolute Gasteiger partial charge is 0.378 e. The van der Waals surface area contributed by atoms with Crippen LogP contribution in [0.15, 0.2) is 22.7 Å². The quantitative estimate of drug-likeness (QED) is 0.740. The van der Waals surface area contributed by atoms with Gasteiger partial charge in [-0.25, -0.2) is 0 Å². The molecule has 1 spiro atoms. The second kappa shape index (κ2) is 2.97. The van der Waals surface area contributed by atoms with Crippen molar-refractivity contribution in [2.45, 2.75) is 18.4 Å². The lowest BCUT2D eigenvalue weighted by Crippen LogP contribution is -2.38. The van der Waals surface area contributed by atoms with Gasteiger partial charge in [-0.1, -0.05) is 15.9 Å². The molecule has 1 aromatic rings. The zero-order chi connectivity index (χ0) is 9.60. The highest BCUT2D eigenvalue weighted by molar-refractivity contribution is 9.10. The first-order valence-electron chi connectivity index (χ1n) is 5.05. The number of hydrogen-bond donors (Lipinski definition) is 2. The summed E-state index contributed by atoms with van der Waals surface area (Å²) in [6.45, 7) is 2.24. The maximum absolute atomic E-state index is 3.65. The topological polar surface area (TPSA) is 24.1 Å². The Bertz CT molecular complexity index is 370. The zero-order valence-corrected chi connectivity index (χ0v) is 9.52. The van der Waals surface area contributed by atoms with Gasteiger partial charge in [-0.05, 0) is 43.1 Å². The highest BCUT2D eigenvalue weighted by Crippen LogP contribution is 2.37. The first kappa shape index (κ1) is 8.74. The number of fused-ring (bicyclic) bond motifs is 1. The molecule has 0 amide bonds. The Kier molecular flexibility index (Phi) is 1.86. The summed E-state index contributed by atoms with van der Waals surface area (Å²) in [7, 11) is 0. The summed E-state index contributed by atoms with van der Waals surface area (Å²) < 4.78 is 1.18. The molecule has 1 aromatic carbocycles. The van der Waals surface area contributed by atoms with Gasteiger partial charge in [0.25, 0.3) is 0 Å². The minimum atomic E-state index is 0.309. The SMILES string of the molecule is Brc1ccc2c(c1)CC1(CCNC1)N2. The smallest absolute Gasteiger partial charge is 0.0551 e. The van der Waals surface area contributed by atoms with Crippen molar-refractivity contribution in [1.82, 2.24) is 5.32 Å². The Morgan fingerprint density at radius 1 is 1.36 bits per heavy atom. The molecule has 1 unspecified atom stereocenters. The van der Waals surface area contributed by atoms with Gasteiger partial charge in [0.1, 0.15) is 0 Å². The standard InChI is InChI=1S/C11H13BrN2/c12-9-1-2-10-8(5-9)6-11(14-10)3-4-13-7-11/h1-2,5,13-14H,3-4,6-7H2. The molecule has 3 heteroatoms. The maximum Gasteiger partial charge on any atom is 0.0551 e. The Balaban J connectivity index is 1.96. The second-order valence-corrected chi connectivity index (χ2v) is 5.23. The molecule has 0 radical (unpaired) electrons.